The first-order chi connectivity index (χ1) is 13.6. The van der Waals surface area contributed by atoms with Gasteiger partial charge in [0.25, 0.3) is 0 Å². The molecule has 0 radical (unpaired) electrons. The van der Waals surface area contributed by atoms with Gasteiger partial charge in [0.1, 0.15) is 5.76 Å². The SMILES string of the molecule is Cc1ccc(-c2cc3c(N)c4c(nc3o2)C[C@@H](c2ccccc2)CC4=O)cc1. The number of carbonyl (C=O) groups excluding carboxylic acids is 1. The number of pyridine rings is 1. The molecule has 0 bridgehead atoms. The zero-order valence-electron chi connectivity index (χ0n) is 15.6. The first kappa shape index (κ1) is 16.8. The Morgan fingerprint density at radius 3 is 2.54 bits per heavy atom. The molecule has 5 rings (SSSR count). The molecule has 1 aliphatic rings. The number of rotatable bonds is 2. The smallest absolute Gasteiger partial charge is 0.229 e. The molecule has 4 heteroatoms. The summed E-state index contributed by atoms with van der Waals surface area (Å²) in [4.78, 5) is 17.6. The van der Waals surface area contributed by atoms with Gasteiger partial charge in [-0.1, -0.05) is 60.2 Å². The van der Waals surface area contributed by atoms with E-state index in [0.717, 1.165) is 16.8 Å². The topological polar surface area (TPSA) is 69.1 Å². The van der Waals surface area contributed by atoms with Crippen molar-refractivity contribution in [1.29, 1.82) is 0 Å². The third kappa shape index (κ3) is 2.69. The van der Waals surface area contributed by atoms with Crippen LogP contribution in [0.1, 0.15) is 39.5 Å². The van der Waals surface area contributed by atoms with Crippen molar-refractivity contribution in [2.75, 3.05) is 5.73 Å². The lowest BCUT2D eigenvalue weighted by molar-refractivity contribution is 0.0964. The molecule has 1 aliphatic carbocycles. The van der Waals surface area contributed by atoms with Gasteiger partial charge < -0.3 is 10.2 Å². The molecule has 0 fully saturated rings. The number of Topliss-reactive ketones (excluding diaryl/α,β-unsaturated/α-hetero) is 1. The predicted octanol–water partition coefficient (Wildman–Crippen LogP) is 5.30. The molecule has 4 aromatic rings. The third-order valence-electron chi connectivity index (χ3n) is 5.55. The van der Waals surface area contributed by atoms with Gasteiger partial charge in [-0.2, -0.15) is 0 Å². The molecule has 28 heavy (non-hydrogen) atoms. The summed E-state index contributed by atoms with van der Waals surface area (Å²) < 4.78 is 6.01. The van der Waals surface area contributed by atoms with Crippen LogP contribution in [0.3, 0.4) is 0 Å². The fraction of sp³-hybridized carbons (Fsp3) is 0.167. The molecule has 0 aliphatic heterocycles. The number of hydrogen-bond acceptors (Lipinski definition) is 4. The lowest BCUT2D eigenvalue weighted by Gasteiger charge is -2.24. The van der Waals surface area contributed by atoms with E-state index in [4.69, 9.17) is 15.1 Å². The van der Waals surface area contributed by atoms with E-state index in [1.54, 1.807) is 0 Å². The fourth-order valence-corrected chi connectivity index (χ4v) is 4.04. The average Bonchev–Trinajstić information content (AvgIpc) is 3.13. The number of nitrogens with zero attached hydrogens (tertiary/aromatic N) is 1. The van der Waals surface area contributed by atoms with Gasteiger partial charge in [-0.15, -0.1) is 0 Å². The molecule has 0 saturated heterocycles. The van der Waals surface area contributed by atoms with Crippen LogP contribution in [0.2, 0.25) is 0 Å². The Morgan fingerprint density at radius 1 is 1.04 bits per heavy atom. The zero-order chi connectivity index (χ0) is 19.3. The van der Waals surface area contributed by atoms with Crippen molar-refractivity contribution in [2.24, 2.45) is 0 Å². The number of carbonyl (C=O) groups is 1. The van der Waals surface area contributed by atoms with Crippen LogP contribution in [-0.4, -0.2) is 10.8 Å². The molecule has 2 aromatic heterocycles. The van der Waals surface area contributed by atoms with Crippen LogP contribution < -0.4 is 5.73 Å². The van der Waals surface area contributed by atoms with Gasteiger partial charge in [0.2, 0.25) is 5.71 Å². The van der Waals surface area contributed by atoms with Crippen LogP contribution in [0, 0.1) is 6.92 Å². The molecular weight excluding hydrogens is 348 g/mol. The van der Waals surface area contributed by atoms with Gasteiger partial charge in [-0.3, -0.25) is 4.79 Å². The highest BCUT2D eigenvalue weighted by molar-refractivity contribution is 6.09. The molecule has 1 atom stereocenters. The minimum atomic E-state index is 0.0556. The van der Waals surface area contributed by atoms with Crippen molar-refractivity contribution < 1.29 is 9.21 Å². The summed E-state index contributed by atoms with van der Waals surface area (Å²) in [5.74, 6) is 0.890. The number of anilines is 1. The fourth-order valence-electron chi connectivity index (χ4n) is 4.04. The van der Waals surface area contributed by atoms with E-state index in [2.05, 4.69) is 12.1 Å². The Labute approximate surface area is 163 Å². The zero-order valence-corrected chi connectivity index (χ0v) is 15.6. The van der Waals surface area contributed by atoms with Crippen molar-refractivity contribution in [3.05, 3.63) is 83.0 Å². The van der Waals surface area contributed by atoms with E-state index in [9.17, 15) is 4.79 Å². The lowest BCUT2D eigenvalue weighted by Crippen LogP contribution is -2.21. The summed E-state index contributed by atoms with van der Waals surface area (Å²) in [6.45, 7) is 2.05. The normalized spacial score (nSPS) is 16.3. The number of hydrogen-bond donors (Lipinski definition) is 1. The van der Waals surface area contributed by atoms with Gasteiger partial charge >= 0.3 is 0 Å². The molecule has 2 N–H and O–H groups in total. The molecule has 4 nitrogen and oxygen atoms in total. The number of aromatic nitrogens is 1. The maximum absolute atomic E-state index is 12.9. The second kappa shape index (κ2) is 6.34. The molecule has 0 saturated carbocycles. The average molecular weight is 368 g/mol. The summed E-state index contributed by atoms with van der Waals surface area (Å²) in [5, 5.41) is 0.709. The van der Waals surface area contributed by atoms with E-state index < -0.39 is 0 Å². The second-order valence-corrected chi connectivity index (χ2v) is 7.48. The van der Waals surface area contributed by atoms with Gasteiger partial charge in [0.05, 0.1) is 22.3 Å². The lowest BCUT2D eigenvalue weighted by atomic mass is 9.81. The monoisotopic (exact) mass is 368 g/mol. The third-order valence-corrected chi connectivity index (χ3v) is 5.55. The maximum Gasteiger partial charge on any atom is 0.229 e. The molecule has 0 amide bonds. The predicted molar refractivity (Wildman–Crippen MR) is 110 cm³/mol. The van der Waals surface area contributed by atoms with Crippen LogP contribution in [0.5, 0.6) is 0 Å². The largest absolute Gasteiger partial charge is 0.438 e. The van der Waals surface area contributed by atoms with Gasteiger partial charge in [0, 0.05) is 12.0 Å². The van der Waals surface area contributed by atoms with E-state index in [0.29, 0.717) is 41.0 Å². The number of fused-ring (bicyclic) bond motifs is 2. The molecule has 2 heterocycles. The Balaban J connectivity index is 1.61. The Kier molecular flexibility index (Phi) is 3.79. The highest BCUT2D eigenvalue weighted by Gasteiger charge is 2.31. The maximum atomic E-state index is 12.9. The highest BCUT2D eigenvalue weighted by atomic mass is 16.3. The van der Waals surface area contributed by atoms with Crippen molar-refractivity contribution in [2.45, 2.75) is 25.7 Å². The number of furan rings is 1. The van der Waals surface area contributed by atoms with E-state index in [-0.39, 0.29) is 11.7 Å². The van der Waals surface area contributed by atoms with Crippen molar-refractivity contribution in [3.63, 3.8) is 0 Å². The standard InChI is InChI=1S/C24H20N2O2/c1-14-7-9-16(10-8-14)21-13-18-23(25)22-19(26-24(18)28-21)11-17(12-20(22)27)15-5-3-2-4-6-15/h2-10,13,17H,11-12H2,1H3,(H2,25,26)/t17-/m1/s1. The second-order valence-electron chi connectivity index (χ2n) is 7.48. The van der Waals surface area contributed by atoms with Crippen molar-refractivity contribution in [1.82, 2.24) is 4.98 Å². The van der Waals surface area contributed by atoms with Gasteiger partial charge in [-0.05, 0) is 30.9 Å². The summed E-state index contributed by atoms with van der Waals surface area (Å²) >= 11 is 0. The van der Waals surface area contributed by atoms with Crippen molar-refractivity contribution >= 4 is 22.6 Å². The van der Waals surface area contributed by atoms with Crippen LogP contribution >= 0.6 is 0 Å². The molecule has 0 spiro atoms. The van der Waals surface area contributed by atoms with Crippen LogP contribution in [-0.2, 0) is 6.42 Å². The minimum Gasteiger partial charge on any atom is -0.438 e. The highest BCUT2D eigenvalue weighted by Crippen LogP contribution is 2.39. The summed E-state index contributed by atoms with van der Waals surface area (Å²) in [6, 6.07) is 20.1. The van der Waals surface area contributed by atoms with Crippen LogP contribution in [0.4, 0.5) is 5.69 Å². The Morgan fingerprint density at radius 2 is 1.79 bits per heavy atom. The van der Waals surface area contributed by atoms with Crippen LogP contribution in [0.25, 0.3) is 22.4 Å². The van der Waals surface area contributed by atoms with E-state index in [1.165, 1.54) is 5.56 Å². The number of benzene rings is 2. The molecule has 138 valence electrons. The molecule has 2 aromatic carbocycles. The number of aryl methyl sites for hydroxylation is 1. The molecule has 0 unspecified atom stereocenters. The van der Waals surface area contributed by atoms with Crippen molar-refractivity contribution in [3.8, 4) is 11.3 Å². The number of nitrogen functional groups attached to an aromatic ring is 1. The first-order valence-electron chi connectivity index (χ1n) is 9.47. The number of nitrogens with two attached hydrogens (primary N) is 1. The summed E-state index contributed by atoms with van der Waals surface area (Å²) in [7, 11) is 0. The summed E-state index contributed by atoms with van der Waals surface area (Å²) in [5.41, 5.74) is 12.0. The molecular formula is C24H20N2O2. The van der Waals surface area contributed by atoms with Gasteiger partial charge in [0.15, 0.2) is 5.78 Å². The van der Waals surface area contributed by atoms with Gasteiger partial charge in [-0.25, -0.2) is 4.98 Å². The van der Waals surface area contributed by atoms with Crippen LogP contribution in [0.15, 0.2) is 65.1 Å². The Hall–Kier alpha value is -3.40. The minimum absolute atomic E-state index is 0.0556. The van der Waals surface area contributed by atoms with E-state index >= 15 is 0 Å². The van der Waals surface area contributed by atoms with E-state index in [1.807, 2.05) is 55.5 Å². The summed E-state index contributed by atoms with van der Waals surface area (Å²) in [6.07, 6.45) is 1.14. The number of ketones is 1. The Bertz CT molecular complexity index is 1190. The quantitative estimate of drug-likeness (QED) is 0.521. The first-order valence-corrected chi connectivity index (χ1v) is 9.47.